The predicted molar refractivity (Wildman–Crippen MR) is 112 cm³/mol. The number of carbonyl (C=O) groups is 1. The second-order valence-electron chi connectivity index (χ2n) is 6.83. The lowest BCUT2D eigenvalue weighted by Gasteiger charge is -2.14. The van der Waals surface area contributed by atoms with Gasteiger partial charge in [0.1, 0.15) is 5.82 Å². The number of amides is 1. The van der Waals surface area contributed by atoms with Crippen LogP contribution in [-0.2, 0) is 6.54 Å². The van der Waals surface area contributed by atoms with Crippen LogP contribution in [-0.4, -0.2) is 26.3 Å². The molecule has 0 aliphatic carbocycles. The monoisotopic (exact) mass is 430 g/mol. The van der Waals surface area contributed by atoms with E-state index in [2.05, 4.69) is 10.4 Å². The Balaban J connectivity index is 2.20. The fourth-order valence-corrected chi connectivity index (χ4v) is 3.00. The van der Waals surface area contributed by atoms with Crippen molar-refractivity contribution in [3.8, 4) is 5.69 Å². The van der Waals surface area contributed by atoms with Gasteiger partial charge in [-0.1, -0.05) is 36.7 Å². The first-order chi connectivity index (χ1) is 14.3. The maximum atomic E-state index is 13.7. The Kier molecular flexibility index (Phi) is 6.47. The largest absolute Gasteiger partial charge is 0.352 e. The summed E-state index contributed by atoms with van der Waals surface area (Å²) in [5.74, 6) is -1.29. The van der Waals surface area contributed by atoms with Gasteiger partial charge < -0.3 is 5.32 Å². The normalized spacial score (nSPS) is 11.9. The number of nitrogens with zero attached hydrogens (tertiary/aromatic N) is 3. The van der Waals surface area contributed by atoms with Gasteiger partial charge in [0, 0.05) is 11.1 Å². The number of carbonyl (C=O) groups excluding carboxylic acids is 1. The molecule has 3 aromatic rings. The zero-order valence-electron chi connectivity index (χ0n) is 16.4. The van der Waals surface area contributed by atoms with Crippen LogP contribution in [0.3, 0.4) is 0 Å². The van der Waals surface area contributed by atoms with E-state index < -0.39 is 28.7 Å². The molecule has 7 nitrogen and oxygen atoms in total. The number of hydrogen-bond donors (Lipinski definition) is 1. The molecule has 0 aliphatic heterocycles. The van der Waals surface area contributed by atoms with Crippen molar-refractivity contribution in [2.75, 3.05) is 0 Å². The molecule has 0 spiro atoms. The minimum atomic E-state index is -0.839. The highest BCUT2D eigenvalue weighted by Crippen LogP contribution is 2.11. The maximum absolute atomic E-state index is 13.7. The average Bonchev–Trinajstić information content (AvgIpc) is 2.71. The number of halogens is 2. The third-order valence-corrected chi connectivity index (χ3v) is 4.78. The summed E-state index contributed by atoms with van der Waals surface area (Å²) in [5.41, 5.74) is -1.41. The van der Waals surface area contributed by atoms with Gasteiger partial charge in [-0.2, -0.15) is 9.78 Å². The number of rotatable bonds is 6. The first-order valence-electron chi connectivity index (χ1n) is 9.35. The molecule has 30 heavy (non-hydrogen) atoms. The zero-order valence-corrected chi connectivity index (χ0v) is 17.2. The molecule has 0 aliphatic rings. The lowest BCUT2D eigenvalue weighted by Crippen LogP contribution is -2.47. The van der Waals surface area contributed by atoms with Crippen LogP contribution < -0.4 is 16.6 Å². The van der Waals surface area contributed by atoms with Crippen LogP contribution in [0.15, 0.2) is 58.1 Å². The zero-order chi connectivity index (χ0) is 21.8. The van der Waals surface area contributed by atoms with Crippen LogP contribution in [0.2, 0.25) is 5.02 Å². The van der Waals surface area contributed by atoms with Gasteiger partial charge in [-0.05, 0) is 49.2 Å². The molecule has 0 radical (unpaired) electrons. The first kappa shape index (κ1) is 21.4. The Morgan fingerprint density at radius 3 is 2.60 bits per heavy atom. The van der Waals surface area contributed by atoms with Gasteiger partial charge in [-0.3, -0.25) is 14.2 Å². The first-order valence-corrected chi connectivity index (χ1v) is 9.73. The molecule has 9 heteroatoms. The second kappa shape index (κ2) is 9.04. The molecule has 0 fully saturated rings. The summed E-state index contributed by atoms with van der Waals surface area (Å²) in [5, 5.41) is 7.07. The summed E-state index contributed by atoms with van der Waals surface area (Å²) in [4.78, 5) is 38.6. The lowest BCUT2D eigenvalue weighted by molar-refractivity contribution is 0.0929. The molecule has 1 unspecified atom stereocenters. The average molecular weight is 431 g/mol. The molecular weight excluding hydrogens is 411 g/mol. The van der Waals surface area contributed by atoms with Crippen LogP contribution in [0.4, 0.5) is 4.39 Å². The predicted octanol–water partition coefficient (Wildman–Crippen LogP) is 2.76. The molecule has 0 saturated heterocycles. The Labute approximate surface area is 176 Å². The highest BCUT2D eigenvalue weighted by molar-refractivity contribution is 6.30. The van der Waals surface area contributed by atoms with E-state index in [1.165, 1.54) is 18.2 Å². The number of aromatic nitrogens is 3. The molecule has 1 amide bonds. The van der Waals surface area contributed by atoms with Crippen LogP contribution in [0.5, 0.6) is 0 Å². The van der Waals surface area contributed by atoms with Gasteiger partial charge >= 0.3 is 5.69 Å². The summed E-state index contributed by atoms with van der Waals surface area (Å²) in [6.45, 7) is 3.54. The van der Waals surface area contributed by atoms with Crippen molar-refractivity contribution in [3.63, 3.8) is 0 Å². The van der Waals surface area contributed by atoms with E-state index >= 15 is 0 Å². The van der Waals surface area contributed by atoms with Crippen LogP contribution in [0.1, 0.15) is 36.3 Å². The Morgan fingerprint density at radius 1 is 1.20 bits per heavy atom. The third kappa shape index (κ3) is 4.65. The van der Waals surface area contributed by atoms with E-state index in [-0.39, 0.29) is 18.3 Å². The molecule has 1 N–H and O–H groups in total. The van der Waals surface area contributed by atoms with Crippen molar-refractivity contribution >= 4 is 17.5 Å². The lowest BCUT2D eigenvalue weighted by atomic mass is 10.2. The van der Waals surface area contributed by atoms with Crippen LogP contribution in [0.25, 0.3) is 5.69 Å². The smallest absolute Gasteiger partial charge is 0.348 e. The quantitative estimate of drug-likeness (QED) is 0.651. The molecule has 1 atom stereocenters. The summed E-state index contributed by atoms with van der Waals surface area (Å²) < 4.78 is 15.5. The molecule has 1 aromatic heterocycles. The van der Waals surface area contributed by atoms with Gasteiger partial charge in [0.25, 0.3) is 11.5 Å². The topological polar surface area (TPSA) is 86.0 Å². The Hall–Kier alpha value is -3.26. The molecule has 2 aromatic carbocycles. The molecule has 156 valence electrons. The van der Waals surface area contributed by atoms with Crippen LogP contribution >= 0.6 is 11.6 Å². The molecule has 1 heterocycles. The number of nitrogens with one attached hydrogen (secondary N) is 1. The van der Waals surface area contributed by atoms with E-state index in [1.807, 2.05) is 6.92 Å². The standard InChI is InChI=1S/C21H20ClFN4O3/c1-3-13(2)24-19(28)18-20(29)26(12-14-6-4-7-15(22)10-14)21(30)27(25-18)17-9-5-8-16(23)11-17/h4-11,13H,3,12H2,1-2H3,(H,24,28). The van der Waals surface area contributed by atoms with Gasteiger partial charge in [-0.15, -0.1) is 0 Å². The maximum Gasteiger partial charge on any atom is 0.352 e. The van der Waals surface area contributed by atoms with Crippen molar-refractivity contribution in [2.45, 2.75) is 32.9 Å². The summed E-state index contributed by atoms with van der Waals surface area (Å²) in [6, 6.07) is 11.6. The number of hydrogen-bond acceptors (Lipinski definition) is 4. The summed E-state index contributed by atoms with van der Waals surface area (Å²) in [6.07, 6.45) is 0.645. The fourth-order valence-electron chi connectivity index (χ4n) is 2.78. The van der Waals surface area contributed by atoms with E-state index in [1.54, 1.807) is 31.2 Å². The summed E-state index contributed by atoms with van der Waals surface area (Å²) >= 11 is 6.00. The minimum absolute atomic E-state index is 0.0948. The Bertz CT molecular complexity index is 1210. The molecule has 0 saturated carbocycles. The Morgan fingerprint density at radius 2 is 1.93 bits per heavy atom. The molecule has 3 rings (SSSR count). The highest BCUT2D eigenvalue weighted by atomic mass is 35.5. The SMILES string of the molecule is CCC(C)NC(=O)c1nn(-c2cccc(F)c2)c(=O)n(Cc2cccc(Cl)c2)c1=O. The van der Waals surface area contributed by atoms with Gasteiger partial charge in [0.15, 0.2) is 0 Å². The van der Waals surface area contributed by atoms with Gasteiger partial charge in [-0.25, -0.2) is 9.18 Å². The van der Waals surface area contributed by atoms with Gasteiger partial charge in [0.05, 0.1) is 12.2 Å². The van der Waals surface area contributed by atoms with Crippen molar-refractivity contribution in [2.24, 2.45) is 0 Å². The van der Waals surface area contributed by atoms with Gasteiger partial charge in [0.2, 0.25) is 5.69 Å². The molecule has 0 bridgehead atoms. The summed E-state index contributed by atoms with van der Waals surface area (Å²) in [7, 11) is 0. The van der Waals surface area contributed by atoms with Crippen molar-refractivity contribution in [1.82, 2.24) is 19.7 Å². The molecular formula is C21H20ClFN4O3. The highest BCUT2D eigenvalue weighted by Gasteiger charge is 2.21. The fraction of sp³-hybridized carbons (Fsp3) is 0.238. The van der Waals surface area contributed by atoms with Crippen molar-refractivity contribution in [3.05, 3.63) is 91.5 Å². The van der Waals surface area contributed by atoms with Crippen LogP contribution in [0, 0.1) is 5.82 Å². The third-order valence-electron chi connectivity index (χ3n) is 4.55. The van der Waals surface area contributed by atoms with Crippen molar-refractivity contribution < 1.29 is 9.18 Å². The van der Waals surface area contributed by atoms with E-state index in [0.717, 1.165) is 15.3 Å². The minimum Gasteiger partial charge on any atom is -0.348 e. The van der Waals surface area contributed by atoms with E-state index in [4.69, 9.17) is 11.6 Å². The van der Waals surface area contributed by atoms with Crippen molar-refractivity contribution in [1.29, 1.82) is 0 Å². The van der Waals surface area contributed by atoms with E-state index in [9.17, 15) is 18.8 Å². The van der Waals surface area contributed by atoms with E-state index in [0.29, 0.717) is 17.0 Å². The number of benzene rings is 2. The second-order valence-corrected chi connectivity index (χ2v) is 7.26.